The van der Waals surface area contributed by atoms with Gasteiger partial charge in [0, 0.05) is 21.1 Å². The van der Waals surface area contributed by atoms with Crippen LogP contribution in [0.4, 0.5) is 0 Å². The molecule has 0 saturated heterocycles. The van der Waals surface area contributed by atoms with E-state index >= 15 is 0 Å². The average Bonchev–Trinajstić information content (AvgIpc) is 2.17. The fourth-order valence-corrected chi connectivity index (χ4v) is 1.17. The molecule has 0 aromatic carbocycles. The predicted octanol–water partition coefficient (Wildman–Crippen LogP) is 0.209. The number of aliphatic imine (C=N–C) groups is 2. The molecule has 80 valence electrons. The van der Waals surface area contributed by atoms with E-state index in [0.29, 0.717) is 0 Å². The number of nitrogens with one attached hydrogen (secondary N) is 2. The summed E-state index contributed by atoms with van der Waals surface area (Å²) in [6, 6.07) is 0. The summed E-state index contributed by atoms with van der Waals surface area (Å²) in [5.74, 6) is 1.61. The van der Waals surface area contributed by atoms with Crippen molar-refractivity contribution in [2.24, 2.45) is 9.98 Å². The smallest absolute Gasteiger partial charge is 0.202 e. The number of guanidine groups is 2. The lowest BCUT2D eigenvalue weighted by atomic mass is 10.1. The Morgan fingerprint density at radius 2 is 2.14 bits per heavy atom. The predicted molar refractivity (Wildman–Crippen MR) is 59.4 cm³/mol. The van der Waals surface area contributed by atoms with E-state index in [4.69, 9.17) is 0 Å². The second-order valence-electron chi connectivity index (χ2n) is 3.78. The topological polar surface area (TPSA) is 52.0 Å². The Morgan fingerprint density at radius 1 is 1.50 bits per heavy atom. The highest BCUT2D eigenvalue weighted by Crippen LogP contribution is 2.13. The van der Waals surface area contributed by atoms with Crippen LogP contribution < -0.4 is 10.6 Å². The van der Waals surface area contributed by atoms with Gasteiger partial charge in [0.1, 0.15) is 5.66 Å². The first-order valence-corrected chi connectivity index (χ1v) is 4.80. The summed E-state index contributed by atoms with van der Waals surface area (Å²) in [5.41, 5.74) is -0.250. The molecule has 1 unspecified atom stereocenters. The molecule has 2 N–H and O–H groups in total. The van der Waals surface area contributed by atoms with Crippen molar-refractivity contribution in [3.63, 3.8) is 0 Å². The zero-order valence-electron chi connectivity index (χ0n) is 9.55. The largest absolute Gasteiger partial charge is 0.349 e. The van der Waals surface area contributed by atoms with Crippen LogP contribution in [0.5, 0.6) is 0 Å². The van der Waals surface area contributed by atoms with Crippen molar-refractivity contribution in [2.75, 3.05) is 21.1 Å². The Bertz CT molecular complexity index is 268. The highest BCUT2D eigenvalue weighted by atomic mass is 15.4. The summed E-state index contributed by atoms with van der Waals surface area (Å²) in [5, 5.41) is 6.35. The Morgan fingerprint density at radius 3 is 2.57 bits per heavy atom. The maximum absolute atomic E-state index is 4.57. The summed E-state index contributed by atoms with van der Waals surface area (Å²) in [4.78, 5) is 10.6. The third-order valence-corrected chi connectivity index (χ3v) is 2.31. The lowest BCUT2D eigenvalue weighted by Gasteiger charge is -2.35. The lowest BCUT2D eigenvalue weighted by molar-refractivity contribution is 0.395. The molecule has 1 aliphatic heterocycles. The van der Waals surface area contributed by atoms with Crippen molar-refractivity contribution in [2.45, 2.75) is 25.9 Å². The molecule has 0 bridgehead atoms. The summed E-state index contributed by atoms with van der Waals surface area (Å²) in [6.07, 6.45) is 0.922. The van der Waals surface area contributed by atoms with Crippen LogP contribution in [0.3, 0.4) is 0 Å². The summed E-state index contributed by atoms with van der Waals surface area (Å²) >= 11 is 0. The molecule has 5 nitrogen and oxygen atoms in total. The molecule has 1 rings (SSSR count). The van der Waals surface area contributed by atoms with Gasteiger partial charge in [-0.05, 0) is 13.3 Å². The second-order valence-corrected chi connectivity index (χ2v) is 3.78. The van der Waals surface area contributed by atoms with Crippen molar-refractivity contribution >= 4 is 11.9 Å². The molecule has 0 fully saturated rings. The van der Waals surface area contributed by atoms with E-state index in [-0.39, 0.29) is 5.66 Å². The first-order chi connectivity index (χ1) is 6.50. The minimum absolute atomic E-state index is 0.250. The van der Waals surface area contributed by atoms with Crippen molar-refractivity contribution < 1.29 is 0 Å². The zero-order valence-corrected chi connectivity index (χ0v) is 9.55. The molecular weight excluding hydrogens is 178 g/mol. The average molecular weight is 197 g/mol. The third kappa shape index (κ3) is 2.16. The van der Waals surface area contributed by atoms with Crippen LogP contribution in [0.25, 0.3) is 0 Å². The number of rotatable bonds is 1. The Hall–Kier alpha value is -1.26. The van der Waals surface area contributed by atoms with Gasteiger partial charge in [0.15, 0.2) is 5.96 Å². The highest BCUT2D eigenvalue weighted by molar-refractivity contribution is 6.00. The van der Waals surface area contributed by atoms with E-state index in [1.54, 1.807) is 7.05 Å². The van der Waals surface area contributed by atoms with E-state index in [1.807, 2.05) is 19.0 Å². The van der Waals surface area contributed by atoms with Gasteiger partial charge in [-0.2, -0.15) is 0 Å². The zero-order chi connectivity index (χ0) is 10.8. The first kappa shape index (κ1) is 10.8. The SMILES string of the molecule is CCC1(C)N=C(N(C)C)NC(=NC)N1. The van der Waals surface area contributed by atoms with Crippen LogP contribution >= 0.6 is 0 Å². The molecule has 0 aromatic rings. The molecule has 0 radical (unpaired) electrons. The molecule has 0 spiro atoms. The van der Waals surface area contributed by atoms with Gasteiger partial charge in [-0.3, -0.25) is 10.3 Å². The summed E-state index contributed by atoms with van der Waals surface area (Å²) in [7, 11) is 5.67. The monoisotopic (exact) mass is 197 g/mol. The minimum Gasteiger partial charge on any atom is -0.349 e. The van der Waals surface area contributed by atoms with Crippen LogP contribution in [0.1, 0.15) is 20.3 Å². The van der Waals surface area contributed by atoms with Crippen molar-refractivity contribution in [1.29, 1.82) is 0 Å². The van der Waals surface area contributed by atoms with Crippen molar-refractivity contribution in [3.8, 4) is 0 Å². The van der Waals surface area contributed by atoms with Crippen LogP contribution in [0, 0.1) is 0 Å². The van der Waals surface area contributed by atoms with E-state index < -0.39 is 0 Å². The van der Waals surface area contributed by atoms with Crippen molar-refractivity contribution in [3.05, 3.63) is 0 Å². The molecular formula is C9H19N5. The molecule has 14 heavy (non-hydrogen) atoms. The molecule has 5 heteroatoms. The van der Waals surface area contributed by atoms with E-state index in [2.05, 4.69) is 34.5 Å². The van der Waals surface area contributed by atoms with Crippen molar-refractivity contribution in [1.82, 2.24) is 15.5 Å². The summed E-state index contributed by atoms with van der Waals surface area (Å²) < 4.78 is 0. The van der Waals surface area contributed by atoms with Crippen LogP contribution in [0.2, 0.25) is 0 Å². The number of hydrogen-bond donors (Lipinski definition) is 2. The summed E-state index contributed by atoms with van der Waals surface area (Å²) in [6.45, 7) is 4.16. The van der Waals surface area contributed by atoms with Gasteiger partial charge in [-0.15, -0.1) is 0 Å². The van der Waals surface area contributed by atoms with Gasteiger partial charge < -0.3 is 10.2 Å². The van der Waals surface area contributed by atoms with E-state index in [0.717, 1.165) is 18.3 Å². The fourth-order valence-electron chi connectivity index (χ4n) is 1.17. The van der Waals surface area contributed by atoms with Gasteiger partial charge in [-0.25, -0.2) is 4.99 Å². The van der Waals surface area contributed by atoms with Crippen LogP contribution in [-0.2, 0) is 0 Å². The Kier molecular flexibility index (Phi) is 2.98. The molecule has 0 saturated carbocycles. The maximum atomic E-state index is 4.57. The van der Waals surface area contributed by atoms with Crippen LogP contribution in [-0.4, -0.2) is 43.6 Å². The molecule has 0 aromatic heterocycles. The molecule has 1 heterocycles. The molecule has 0 aliphatic carbocycles. The number of nitrogens with zero attached hydrogens (tertiary/aromatic N) is 3. The highest BCUT2D eigenvalue weighted by Gasteiger charge is 2.28. The Labute approximate surface area is 85.3 Å². The van der Waals surface area contributed by atoms with Gasteiger partial charge in [0.2, 0.25) is 5.96 Å². The third-order valence-electron chi connectivity index (χ3n) is 2.31. The van der Waals surface area contributed by atoms with E-state index in [9.17, 15) is 0 Å². The quantitative estimate of drug-likeness (QED) is 0.632. The van der Waals surface area contributed by atoms with Gasteiger partial charge >= 0.3 is 0 Å². The standard InChI is InChI=1S/C9H19N5/c1-6-9(2)12-7(10-3)11-8(13-9)14(4)5/h6H2,1-5H3,(H2,10,11,12,13). The van der Waals surface area contributed by atoms with Gasteiger partial charge in [0.05, 0.1) is 0 Å². The van der Waals surface area contributed by atoms with E-state index in [1.165, 1.54) is 0 Å². The minimum atomic E-state index is -0.250. The maximum Gasteiger partial charge on any atom is 0.202 e. The fraction of sp³-hybridized carbons (Fsp3) is 0.778. The lowest BCUT2D eigenvalue weighted by Crippen LogP contribution is -2.59. The van der Waals surface area contributed by atoms with Gasteiger partial charge in [0.25, 0.3) is 0 Å². The Balaban J connectivity index is 2.96. The molecule has 1 atom stereocenters. The van der Waals surface area contributed by atoms with Crippen LogP contribution in [0.15, 0.2) is 9.98 Å². The second kappa shape index (κ2) is 3.86. The molecule has 0 amide bonds. The first-order valence-electron chi connectivity index (χ1n) is 4.80. The molecule has 1 aliphatic rings. The normalized spacial score (nSPS) is 29.2. The number of hydrogen-bond acceptors (Lipinski definition) is 3. The van der Waals surface area contributed by atoms with Gasteiger partial charge in [-0.1, -0.05) is 6.92 Å².